The van der Waals surface area contributed by atoms with E-state index in [9.17, 15) is 0 Å². The first kappa shape index (κ1) is 12.7. The highest BCUT2D eigenvalue weighted by Crippen LogP contribution is 2.14. The second kappa shape index (κ2) is 5.75. The number of tetrazole rings is 1. The van der Waals surface area contributed by atoms with Crippen molar-refractivity contribution in [2.75, 3.05) is 11.9 Å². The van der Waals surface area contributed by atoms with E-state index >= 15 is 0 Å². The number of anilines is 1. The molecule has 0 aliphatic heterocycles. The van der Waals surface area contributed by atoms with E-state index in [4.69, 9.17) is 16.0 Å². The van der Waals surface area contributed by atoms with Crippen LogP contribution < -0.4 is 5.32 Å². The number of hydrogen-bond donors (Lipinski definition) is 1. The van der Waals surface area contributed by atoms with Gasteiger partial charge in [-0.2, -0.15) is 4.80 Å². The van der Waals surface area contributed by atoms with E-state index in [2.05, 4.69) is 20.7 Å². The zero-order chi connectivity index (χ0) is 13.8. The predicted octanol–water partition coefficient (Wildman–Crippen LogP) is 2.70. The number of furan rings is 1. The van der Waals surface area contributed by atoms with Crippen molar-refractivity contribution in [3.05, 3.63) is 47.7 Å². The van der Waals surface area contributed by atoms with Crippen LogP contribution in [-0.4, -0.2) is 26.8 Å². The minimum atomic E-state index is 0.487. The van der Waals surface area contributed by atoms with Gasteiger partial charge in [0, 0.05) is 17.3 Å². The maximum Gasteiger partial charge on any atom is 0.240 e. The van der Waals surface area contributed by atoms with E-state index in [1.807, 2.05) is 24.3 Å². The number of halogens is 1. The summed E-state index contributed by atoms with van der Waals surface area (Å²) >= 11 is 5.82. The highest BCUT2D eigenvalue weighted by molar-refractivity contribution is 6.30. The molecule has 0 aliphatic carbocycles. The zero-order valence-electron chi connectivity index (χ0n) is 10.5. The number of aromatic nitrogens is 4. The summed E-state index contributed by atoms with van der Waals surface area (Å²) in [4.78, 5) is 1.53. The monoisotopic (exact) mass is 289 g/mol. The molecule has 0 saturated carbocycles. The third-order valence-electron chi connectivity index (χ3n) is 2.68. The summed E-state index contributed by atoms with van der Waals surface area (Å²) in [6, 6.07) is 11.1. The van der Waals surface area contributed by atoms with Gasteiger partial charge >= 0.3 is 0 Å². The molecule has 0 radical (unpaired) electrons. The van der Waals surface area contributed by atoms with Gasteiger partial charge in [-0.3, -0.25) is 0 Å². The molecule has 3 aromatic rings. The van der Waals surface area contributed by atoms with Gasteiger partial charge < -0.3 is 9.73 Å². The van der Waals surface area contributed by atoms with E-state index in [-0.39, 0.29) is 0 Å². The molecule has 0 unspecified atom stereocenters. The second-order valence-electron chi connectivity index (χ2n) is 4.12. The smallest absolute Gasteiger partial charge is 0.240 e. The van der Waals surface area contributed by atoms with Gasteiger partial charge in [-0.15, -0.1) is 10.2 Å². The first-order valence-electron chi connectivity index (χ1n) is 6.12. The van der Waals surface area contributed by atoms with Gasteiger partial charge in [-0.1, -0.05) is 11.6 Å². The Morgan fingerprint density at radius 1 is 1.20 bits per heavy atom. The average Bonchev–Trinajstić information content (AvgIpc) is 3.11. The standard InChI is InChI=1S/C13H12ClN5O/c14-10-3-5-11(6-4-10)15-7-8-19-17-13(16-18-19)12-2-1-9-20-12/h1-6,9,15H,7-8H2. The molecule has 0 atom stereocenters. The Balaban J connectivity index is 1.55. The topological polar surface area (TPSA) is 68.8 Å². The molecule has 0 amide bonds. The Morgan fingerprint density at radius 3 is 2.80 bits per heavy atom. The third-order valence-corrected chi connectivity index (χ3v) is 2.93. The Bertz CT molecular complexity index is 662. The molecule has 0 aliphatic rings. The molecule has 7 heteroatoms. The highest BCUT2D eigenvalue weighted by atomic mass is 35.5. The van der Waals surface area contributed by atoms with Crippen LogP contribution in [0.5, 0.6) is 0 Å². The summed E-state index contributed by atoms with van der Waals surface area (Å²) in [6.45, 7) is 1.30. The first-order valence-corrected chi connectivity index (χ1v) is 6.50. The van der Waals surface area contributed by atoms with Crippen molar-refractivity contribution in [3.8, 4) is 11.6 Å². The van der Waals surface area contributed by atoms with Crippen LogP contribution in [0, 0.1) is 0 Å². The van der Waals surface area contributed by atoms with Crippen LogP contribution in [0.25, 0.3) is 11.6 Å². The summed E-state index contributed by atoms with van der Waals surface area (Å²) in [7, 11) is 0. The molecule has 1 aromatic carbocycles. The fourth-order valence-corrected chi connectivity index (χ4v) is 1.84. The summed E-state index contributed by atoms with van der Waals surface area (Å²) in [5, 5.41) is 16.1. The molecule has 0 fully saturated rings. The van der Waals surface area contributed by atoms with Gasteiger partial charge in [0.25, 0.3) is 0 Å². The van der Waals surface area contributed by atoms with Gasteiger partial charge in [0.2, 0.25) is 5.82 Å². The molecular weight excluding hydrogens is 278 g/mol. The third kappa shape index (κ3) is 2.97. The molecule has 6 nitrogen and oxygen atoms in total. The number of hydrogen-bond acceptors (Lipinski definition) is 5. The lowest BCUT2D eigenvalue weighted by atomic mass is 10.3. The van der Waals surface area contributed by atoms with Crippen LogP contribution >= 0.6 is 11.6 Å². The van der Waals surface area contributed by atoms with E-state index < -0.39 is 0 Å². The molecule has 1 N–H and O–H groups in total. The van der Waals surface area contributed by atoms with Crippen molar-refractivity contribution in [1.29, 1.82) is 0 Å². The fraction of sp³-hybridized carbons (Fsp3) is 0.154. The quantitative estimate of drug-likeness (QED) is 0.782. The lowest BCUT2D eigenvalue weighted by Crippen LogP contribution is -2.12. The molecule has 2 heterocycles. The highest BCUT2D eigenvalue weighted by Gasteiger charge is 2.07. The molecule has 2 aromatic heterocycles. The second-order valence-corrected chi connectivity index (χ2v) is 4.56. The fourth-order valence-electron chi connectivity index (χ4n) is 1.71. The van der Waals surface area contributed by atoms with Gasteiger partial charge in [0.05, 0.1) is 12.8 Å². The summed E-state index contributed by atoms with van der Waals surface area (Å²) in [5.41, 5.74) is 1.00. The van der Waals surface area contributed by atoms with Crippen molar-refractivity contribution >= 4 is 17.3 Å². The number of rotatable bonds is 5. The van der Waals surface area contributed by atoms with Crippen molar-refractivity contribution in [2.45, 2.75) is 6.54 Å². The Labute approximate surface area is 120 Å². The molecule has 0 saturated heterocycles. The lowest BCUT2D eigenvalue weighted by molar-refractivity contribution is 0.537. The molecular formula is C13H12ClN5O. The molecule has 3 rings (SSSR count). The lowest BCUT2D eigenvalue weighted by Gasteiger charge is -2.05. The van der Waals surface area contributed by atoms with E-state index in [1.165, 1.54) is 4.80 Å². The first-order chi connectivity index (χ1) is 9.81. The Morgan fingerprint density at radius 2 is 2.05 bits per heavy atom. The Kier molecular flexibility index (Phi) is 3.64. The van der Waals surface area contributed by atoms with Gasteiger partial charge in [-0.05, 0) is 41.6 Å². The van der Waals surface area contributed by atoms with Crippen LogP contribution in [0.4, 0.5) is 5.69 Å². The molecule has 20 heavy (non-hydrogen) atoms. The van der Waals surface area contributed by atoms with E-state index in [0.717, 1.165) is 10.7 Å². The number of nitrogens with zero attached hydrogens (tertiary/aromatic N) is 4. The minimum Gasteiger partial charge on any atom is -0.461 e. The molecule has 0 bridgehead atoms. The van der Waals surface area contributed by atoms with Gasteiger partial charge in [-0.25, -0.2) is 0 Å². The van der Waals surface area contributed by atoms with E-state index in [0.29, 0.717) is 24.7 Å². The molecule has 102 valence electrons. The molecule has 0 spiro atoms. The van der Waals surface area contributed by atoms with Crippen LogP contribution in [0.1, 0.15) is 0 Å². The van der Waals surface area contributed by atoms with Crippen LogP contribution in [0.2, 0.25) is 5.02 Å². The largest absolute Gasteiger partial charge is 0.461 e. The Hall–Kier alpha value is -2.34. The minimum absolute atomic E-state index is 0.487. The average molecular weight is 290 g/mol. The van der Waals surface area contributed by atoms with Crippen molar-refractivity contribution in [2.24, 2.45) is 0 Å². The summed E-state index contributed by atoms with van der Waals surface area (Å²) in [5.74, 6) is 1.10. The van der Waals surface area contributed by atoms with Gasteiger partial charge in [0.15, 0.2) is 5.76 Å². The summed E-state index contributed by atoms with van der Waals surface area (Å²) in [6.07, 6.45) is 1.58. The van der Waals surface area contributed by atoms with Crippen LogP contribution in [0.15, 0.2) is 47.1 Å². The maximum atomic E-state index is 5.82. The predicted molar refractivity (Wildman–Crippen MR) is 75.5 cm³/mol. The van der Waals surface area contributed by atoms with Crippen LogP contribution in [0.3, 0.4) is 0 Å². The van der Waals surface area contributed by atoms with E-state index in [1.54, 1.807) is 18.4 Å². The van der Waals surface area contributed by atoms with Crippen LogP contribution in [-0.2, 0) is 6.54 Å². The SMILES string of the molecule is Clc1ccc(NCCn2nnc(-c3ccco3)n2)cc1. The van der Waals surface area contributed by atoms with Gasteiger partial charge in [0.1, 0.15) is 0 Å². The summed E-state index contributed by atoms with van der Waals surface area (Å²) < 4.78 is 5.21. The van der Waals surface area contributed by atoms with Crippen molar-refractivity contribution in [3.63, 3.8) is 0 Å². The maximum absolute atomic E-state index is 5.82. The zero-order valence-corrected chi connectivity index (χ0v) is 11.3. The normalized spacial score (nSPS) is 10.7. The van der Waals surface area contributed by atoms with Crippen molar-refractivity contribution < 1.29 is 4.42 Å². The number of benzene rings is 1. The number of nitrogens with one attached hydrogen (secondary N) is 1. The van der Waals surface area contributed by atoms with Crippen molar-refractivity contribution in [1.82, 2.24) is 20.2 Å².